The van der Waals surface area contributed by atoms with E-state index in [-0.39, 0.29) is 22.9 Å². The lowest BCUT2D eigenvalue weighted by molar-refractivity contribution is 0.583. The minimum absolute atomic E-state index is 0.0126. The highest BCUT2D eigenvalue weighted by atomic mass is 35.5. The summed E-state index contributed by atoms with van der Waals surface area (Å²) in [4.78, 5) is -1.58. The molecule has 0 spiro atoms. The molecule has 0 bridgehead atoms. The lowest BCUT2D eigenvalue weighted by Crippen LogP contribution is -2.44. The molecule has 0 aliphatic rings. The summed E-state index contributed by atoms with van der Waals surface area (Å²) in [6.07, 6.45) is 0. The molecule has 2 atom stereocenters. The summed E-state index contributed by atoms with van der Waals surface area (Å²) in [5, 5.41) is 0. The molecule has 0 unspecified atom stereocenters. The summed E-state index contributed by atoms with van der Waals surface area (Å²) in [6.45, 7) is 7.43. The van der Waals surface area contributed by atoms with Gasteiger partial charge in [-0.15, -0.1) is 23.2 Å². The minimum atomic E-state index is -3.91. The number of halogens is 2. The predicted molar refractivity (Wildman–Crippen MR) is 190 cm³/mol. The molecule has 0 saturated carbocycles. The molecule has 0 amide bonds. The van der Waals surface area contributed by atoms with Gasteiger partial charge in [-0.1, -0.05) is 71.8 Å². The largest absolute Gasteiger partial charge is 0.265 e. The van der Waals surface area contributed by atoms with E-state index in [0.717, 1.165) is 11.1 Å². The van der Waals surface area contributed by atoms with Crippen LogP contribution < -0.4 is 8.61 Å². The number of sulfonamides is 2. The van der Waals surface area contributed by atoms with E-state index in [4.69, 9.17) is 23.2 Å². The van der Waals surface area contributed by atoms with E-state index in [2.05, 4.69) is 0 Å². The van der Waals surface area contributed by atoms with E-state index in [0.29, 0.717) is 22.9 Å². The summed E-state index contributed by atoms with van der Waals surface area (Å²) in [5.41, 5.74) is 2.94. The van der Waals surface area contributed by atoms with Crippen molar-refractivity contribution in [2.24, 2.45) is 0 Å². The van der Waals surface area contributed by atoms with E-state index in [1.54, 1.807) is 111 Å². The number of hydrogen-bond acceptors (Lipinski definition) is 5. The van der Waals surface area contributed by atoms with Gasteiger partial charge >= 0.3 is 0 Å². The lowest BCUT2D eigenvalue weighted by atomic mass is 10.2. The zero-order valence-electron chi connectivity index (χ0n) is 25.7. The van der Waals surface area contributed by atoms with E-state index < -0.39 is 29.8 Å². The first-order valence-corrected chi connectivity index (χ1v) is 19.1. The van der Waals surface area contributed by atoms with E-state index >= 15 is 0 Å². The maximum absolute atomic E-state index is 13.8. The van der Waals surface area contributed by atoms with Crippen LogP contribution in [-0.2, 0) is 20.0 Å². The number of aryl methyl sites for hydroxylation is 2. The molecule has 0 aromatic heterocycles. The second kappa shape index (κ2) is 14.4. The van der Waals surface area contributed by atoms with Crippen molar-refractivity contribution in [3.05, 3.63) is 120 Å². The number of rotatable bonds is 14. The average Bonchev–Trinajstić information content (AvgIpc) is 3.00. The normalized spacial score (nSPS) is 14.7. The summed E-state index contributed by atoms with van der Waals surface area (Å²) >= 11 is 15.5. The minimum Gasteiger partial charge on any atom is -0.265 e. The van der Waals surface area contributed by atoms with E-state index in [1.165, 1.54) is 20.4 Å². The van der Waals surface area contributed by atoms with Gasteiger partial charge in [-0.2, -0.15) is 11.8 Å². The first kappa shape index (κ1) is 35.2. The van der Waals surface area contributed by atoms with Gasteiger partial charge in [0.1, 0.15) is 0 Å². The fourth-order valence-corrected chi connectivity index (χ4v) is 9.82. The molecule has 0 radical (unpaired) electrons. The van der Waals surface area contributed by atoms with Gasteiger partial charge in [0.15, 0.2) is 0 Å². The number of anilines is 2. The number of nitrogens with zero attached hydrogens (tertiary/aromatic N) is 2. The fourth-order valence-electron chi connectivity index (χ4n) is 4.66. The standard InChI is InChI=1S/C34H38Cl2N2O4S3/c1-27-15-19-31(20-16-27)44(39,40)37(29-11-7-5-8-12-29)23-33(3,35)25-43-26-34(4,36)24-38(30-13-9-6-10-14-30)45(41,42)32-21-17-28(2)18-22-32/h5-22H,23-26H2,1-4H3/t33-,34-/m0/s1. The Labute approximate surface area is 282 Å². The lowest BCUT2D eigenvalue weighted by Gasteiger charge is -2.34. The molecule has 0 fully saturated rings. The topological polar surface area (TPSA) is 74.8 Å². The molecule has 0 aliphatic heterocycles. The molecule has 0 saturated heterocycles. The molecule has 4 rings (SSSR count). The molecule has 4 aromatic rings. The van der Waals surface area contributed by atoms with Crippen LogP contribution >= 0.6 is 35.0 Å². The van der Waals surface area contributed by atoms with E-state index in [9.17, 15) is 16.8 Å². The van der Waals surface area contributed by atoms with Crippen LogP contribution in [0.15, 0.2) is 119 Å². The number of benzene rings is 4. The summed E-state index contributed by atoms with van der Waals surface area (Å²) in [7, 11) is -7.82. The van der Waals surface area contributed by atoms with Crippen LogP contribution in [-0.4, -0.2) is 51.2 Å². The van der Waals surface area contributed by atoms with Crippen molar-refractivity contribution < 1.29 is 16.8 Å². The number of thioether (sulfide) groups is 1. The Bertz CT molecular complexity index is 1630. The fraction of sp³-hybridized carbons (Fsp3) is 0.294. The van der Waals surface area contributed by atoms with Gasteiger partial charge in [0.25, 0.3) is 20.0 Å². The Balaban J connectivity index is 1.51. The highest BCUT2D eigenvalue weighted by Crippen LogP contribution is 2.34. The van der Waals surface area contributed by atoms with Crippen molar-refractivity contribution in [2.75, 3.05) is 33.2 Å². The van der Waals surface area contributed by atoms with Crippen molar-refractivity contribution in [1.29, 1.82) is 0 Å². The molecular formula is C34H38Cl2N2O4S3. The van der Waals surface area contributed by atoms with Crippen LogP contribution in [0.3, 0.4) is 0 Å². The second-order valence-electron chi connectivity index (χ2n) is 11.6. The summed E-state index contributed by atoms with van der Waals surface area (Å²) < 4.78 is 58.0. The Hall–Kier alpha value is -2.69. The van der Waals surface area contributed by atoms with Crippen LogP contribution in [0.25, 0.3) is 0 Å². The summed E-state index contributed by atoms with van der Waals surface area (Å²) in [6, 6.07) is 31.3. The molecule has 0 heterocycles. The van der Waals surface area contributed by atoms with Crippen LogP contribution in [0.4, 0.5) is 11.4 Å². The third kappa shape index (κ3) is 9.20. The van der Waals surface area contributed by atoms with Gasteiger partial charge in [0.05, 0.1) is 44.0 Å². The Morgan fingerprint density at radius 1 is 0.556 bits per heavy atom. The van der Waals surface area contributed by atoms with Gasteiger partial charge in [-0.3, -0.25) is 8.61 Å². The Kier molecular flexibility index (Phi) is 11.2. The predicted octanol–water partition coefficient (Wildman–Crippen LogP) is 8.12. The molecule has 45 heavy (non-hydrogen) atoms. The van der Waals surface area contributed by atoms with Crippen molar-refractivity contribution in [2.45, 2.75) is 47.2 Å². The first-order chi connectivity index (χ1) is 21.1. The van der Waals surface area contributed by atoms with Crippen molar-refractivity contribution >= 4 is 66.4 Å². The quantitative estimate of drug-likeness (QED) is 0.124. The van der Waals surface area contributed by atoms with Gasteiger partial charge < -0.3 is 0 Å². The zero-order chi connectivity index (χ0) is 32.9. The maximum Gasteiger partial charge on any atom is 0.264 e. The van der Waals surface area contributed by atoms with Crippen LogP contribution in [0.5, 0.6) is 0 Å². The third-order valence-electron chi connectivity index (χ3n) is 7.06. The molecular weight excluding hydrogens is 667 g/mol. The third-order valence-corrected chi connectivity index (χ3v) is 13.1. The zero-order valence-corrected chi connectivity index (χ0v) is 29.7. The smallest absolute Gasteiger partial charge is 0.264 e. The van der Waals surface area contributed by atoms with Crippen molar-refractivity contribution in [3.8, 4) is 0 Å². The maximum atomic E-state index is 13.8. The number of hydrogen-bond donors (Lipinski definition) is 0. The Morgan fingerprint density at radius 3 is 1.18 bits per heavy atom. The second-order valence-corrected chi connectivity index (χ2v) is 18.2. The van der Waals surface area contributed by atoms with Gasteiger partial charge in [0, 0.05) is 11.5 Å². The van der Waals surface area contributed by atoms with Gasteiger partial charge in [0.2, 0.25) is 0 Å². The molecule has 4 aromatic carbocycles. The van der Waals surface area contributed by atoms with E-state index in [1.807, 2.05) is 26.0 Å². The van der Waals surface area contributed by atoms with Crippen LogP contribution in [0, 0.1) is 13.8 Å². The van der Waals surface area contributed by atoms with Gasteiger partial charge in [-0.25, -0.2) is 16.8 Å². The summed E-state index contributed by atoms with van der Waals surface area (Å²) in [5.74, 6) is 0.722. The van der Waals surface area contributed by atoms with Crippen LogP contribution in [0.1, 0.15) is 25.0 Å². The average molecular weight is 706 g/mol. The molecule has 11 heteroatoms. The van der Waals surface area contributed by atoms with Crippen molar-refractivity contribution in [3.63, 3.8) is 0 Å². The molecule has 0 N–H and O–H groups in total. The molecule has 6 nitrogen and oxygen atoms in total. The highest BCUT2D eigenvalue weighted by Gasteiger charge is 2.36. The van der Waals surface area contributed by atoms with Gasteiger partial charge in [-0.05, 0) is 76.2 Å². The number of alkyl halides is 2. The highest BCUT2D eigenvalue weighted by molar-refractivity contribution is 7.99. The van der Waals surface area contributed by atoms with Crippen molar-refractivity contribution in [1.82, 2.24) is 0 Å². The Morgan fingerprint density at radius 2 is 0.867 bits per heavy atom. The SMILES string of the molecule is Cc1ccc(S(=O)(=O)N(C[C@](C)(Cl)CSC[C@@](C)(Cl)CN(c2ccccc2)S(=O)(=O)c2ccc(C)cc2)c2ccccc2)cc1. The monoisotopic (exact) mass is 704 g/mol. The number of para-hydroxylation sites is 2. The molecule has 240 valence electrons. The molecule has 0 aliphatic carbocycles. The van der Waals surface area contributed by atoms with Crippen LogP contribution in [0.2, 0.25) is 0 Å². The first-order valence-electron chi connectivity index (χ1n) is 14.4.